The van der Waals surface area contributed by atoms with E-state index in [-0.39, 0.29) is 0 Å². The fourth-order valence-electron chi connectivity index (χ4n) is 3.07. The number of aromatic hydroxyl groups is 1. The summed E-state index contributed by atoms with van der Waals surface area (Å²) in [7, 11) is 0. The van der Waals surface area contributed by atoms with E-state index in [2.05, 4.69) is 33.8 Å². The summed E-state index contributed by atoms with van der Waals surface area (Å²) >= 11 is 0. The lowest BCUT2D eigenvalue weighted by molar-refractivity contribution is 0.391. The number of rotatable bonds is 1. The van der Waals surface area contributed by atoms with Gasteiger partial charge in [-0.25, -0.2) is 0 Å². The van der Waals surface area contributed by atoms with Crippen molar-refractivity contribution in [2.45, 2.75) is 52.4 Å². The molecule has 0 saturated heterocycles. The maximum atomic E-state index is 10.1. The fourth-order valence-corrected chi connectivity index (χ4v) is 3.07. The summed E-state index contributed by atoms with van der Waals surface area (Å²) in [5, 5.41) is 10.1. The van der Waals surface area contributed by atoms with Gasteiger partial charge < -0.3 is 5.11 Å². The quantitative estimate of drug-likeness (QED) is 0.743. The molecule has 1 aromatic carbocycles. The first-order valence-corrected chi connectivity index (χ1v) is 6.34. The summed E-state index contributed by atoms with van der Waals surface area (Å²) < 4.78 is 0. The molecule has 0 spiro atoms. The van der Waals surface area contributed by atoms with Gasteiger partial charge in [0.1, 0.15) is 5.75 Å². The van der Waals surface area contributed by atoms with E-state index in [1.54, 1.807) is 0 Å². The van der Waals surface area contributed by atoms with Crippen LogP contribution in [0, 0.1) is 12.8 Å². The van der Waals surface area contributed by atoms with Crippen LogP contribution in [0.2, 0.25) is 0 Å². The van der Waals surface area contributed by atoms with Crippen LogP contribution >= 0.6 is 0 Å². The third-order valence-electron chi connectivity index (χ3n) is 3.94. The van der Waals surface area contributed by atoms with Crippen molar-refractivity contribution in [2.24, 2.45) is 5.92 Å². The highest BCUT2D eigenvalue weighted by Crippen LogP contribution is 2.45. The van der Waals surface area contributed by atoms with Crippen LogP contribution in [-0.2, 0) is 0 Å². The Bertz CT molecular complexity index is 393. The predicted molar refractivity (Wildman–Crippen MR) is 68.1 cm³/mol. The van der Waals surface area contributed by atoms with Gasteiger partial charge in [0.2, 0.25) is 0 Å². The van der Waals surface area contributed by atoms with Crippen molar-refractivity contribution in [1.29, 1.82) is 0 Å². The molecule has 2 atom stereocenters. The lowest BCUT2D eigenvalue weighted by Gasteiger charge is -2.33. The molecule has 0 saturated carbocycles. The van der Waals surface area contributed by atoms with Crippen LogP contribution in [-0.4, -0.2) is 5.11 Å². The zero-order valence-electron chi connectivity index (χ0n) is 10.7. The number of hydrogen-bond acceptors (Lipinski definition) is 1. The van der Waals surface area contributed by atoms with Gasteiger partial charge in [-0.3, -0.25) is 0 Å². The van der Waals surface area contributed by atoms with E-state index in [4.69, 9.17) is 0 Å². The molecular weight excluding hydrogens is 196 g/mol. The predicted octanol–water partition coefficient (Wildman–Crippen LogP) is 4.34. The average Bonchev–Trinajstić information content (AvgIpc) is 2.15. The minimum Gasteiger partial charge on any atom is -0.508 e. The third-order valence-corrected chi connectivity index (χ3v) is 3.94. The average molecular weight is 218 g/mol. The van der Waals surface area contributed by atoms with Crippen LogP contribution < -0.4 is 0 Å². The molecule has 1 nitrogen and oxygen atoms in total. The number of benzene rings is 1. The van der Waals surface area contributed by atoms with E-state index in [0.29, 0.717) is 23.5 Å². The SMILES string of the molecule is Cc1cc(O)c2c(c1)[C@@H](C(C)C)CC[C@@H]2C. The molecule has 2 rings (SSSR count). The van der Waals surface area contributed by atoms with E-state index >= 15 is 0 Å². The summed E-state index contributed by atoms with van der Waals surface area (Å²) in [4.78, 5) is 0. The van der Waals surface area contributed by atoms with E-state index in [0.717, 1.165) is 0 Å². The zero-order valence-corrected chi connectivity index (χ0v) is 10.7. The largest absolute Gasteiger partial charge is 0.508 e. The van der Waals surface area contributed by atoms with Gasteiger partial charge in [0, 0.05) is 5.56 Å². The van der Waals surface area contributed by atoms with Crippen molar-refractivity contribution in [3.63, 3.8) is 0 Å². The summed E-state index contributed by atoms with van der Waals surface area (Å²) in [5.74, 6) is 2.29. The smallest absolute Gasteiger partial charge is 0.119 e. The normalized spacial score (nSPS) is 24.6. The first kappa shape index (κ1) is 11.5. The molecule has 1 aliphatic carbocycles. The molecule has 0 aliphatic heterocycles. The van der Waals surface area contributed by atoms with Crippen molar-refractivity contribution in [2.75, 3.05) is 0 Å². The maximum Gasteiger partial charge on any atom is 0.119 e. The lowest BCUT2D eigenvalue weighted by atomic mass is 9.72. The molecule has 0 unspecified atom stereocenters. The molecule has 88 valence electrons. The molecule has 0 heterocycles. The summed E-state index contributed by atoms with van der Waals surface area (Å²) in [6.07, 6.45) is 2.46. The standard InChI is InChI=1S/C15H22O/c1-9(2)12-6-5-11(4)15-13(12)7-10(3)8-14(15)16/h7-9,11-12,16H,5-6H2,1-4H3/t11-,12+/m0/s1. The van der Waals surface area contributed by atoms with Gasteiger partial charge in [0.15, 0.2) is 0 Å². The monoisotopic (exact) mass is 218 g/mol. The second kappa shape index (κ2) is 4.12. The number of hydrogen-bond donors (Lipinski definition) is 1. The van der Waals surface area contributed by atoms with Crippen molar-refractivity contribution in [3.05, 3.63) is 28.8 Å². The summed E-state index contributed by atoms with van der Waals surface area (Å²) in [6.45, 7) is 8.86. The second-order valence-corrected chi connectivity index (χ2v) is 5.62. The first-order valence-electron chi connectivity index (χ1n) is 6.34. The number of phenols is 1. The van der Waals surface area contributed by atoms with Gasteiger partial charge in [-0.15, -0.1) is 0 Å². The van der Waals surface area contributed by atoms with Gasteiger partial charge >= 0.3 is 0 Å². The third kappa shape index (κ3) is 1.83. The van der Waals surface area contributed by atoms with Crippen molar-refractivity contribution in [1.82, 2.24) is 0 Å². The Morgan fingerprint density at radius 1 is 1.25 bits per heavy atom. The van der Waals surface area contributed by atoms with Gasteiger partial charge in [0.05, 0.1) is 0 Å². The van der Waals surface area contributed by atoms with Crippen molar-refractivity contribution >= 4 is 0 Å². The number of phenolic OH excluding ortho intramolecular Hbond substituents is 1. The fraction of sp³-hybridized carbons (Fsp3) is 0.600. The van der Waals surface area contributed by atoms with Crippen LogP contribution in [0.5, 0.6) is 5.75 Å². The highest BCUT2D eigenvalue weighted by atomic mass is 16.3. The van der Waals surface area contributed by atoms with Gasteiger partial charge in [-0.1, -0.05) is 26.8 Å². The molecule has 1 aliphatic rings. The Morgan fingerprint density at radius 3 is 2.56 bits per heavy atom. The van der Waals surface area contributed by atoms with E-state index in [1.807, 2.05) is 6.07 Å². The summed E-state index contributed by atoms with van der Waals surface area (Å²) in [6, 6.07) is 4.17. The zero-order chi connectivity index (χ0) is 11.9. The molecule has 1 heteroatoms. The molecular formula is C15H22O. The minimum absolute atomic E-state index is 0.505. The van der Waals surface area contributed by atoms with Crippen LogP contribution in [0.3, 0.4) is 0 Å². The van der Waals surface area contributed by atoms with E-state index in [1.165, 1.54) is 29.5 Å². The summed E-state index contributed by atoms with van der Waals surface area (Å²) in [5.41, 5.74) is 3.78. The highest BCUT2D eigenvalue weighted by molar-refractivity contribution is 5.47. The van der Waals surface area contributed by atoms with Crippen molar-refractivity contribution < 1.29 is 5.11 Å². The van der Waals surface area contributed by atoms with E-state index < -0.39 is 0 Å². The Hall–Kier alpha value is -0.980. The molecule has 0 amide bonds. The Kier molecular flexibility index (Phi) is 2.96. The topological polar surface area (TPSA) is 20.2 Å². The molecule has 0 radical (unpaired) electrons. The van der Waals surface area contributed by atoms with Crippen molar-refractivity contribution in [3.8, 4) is 5.75 Å². The Balaban J connectivity index is 2.56. The molecule has 0 aromatic heterocycles. The Labute approximate surface area is 98.5 Å². The lowest BCUT2D eigenvalue weighted by Crippen LogP contribution is -2.17. The number of aryl methyl sites for hydroxylation is 1. The molecule has 0 fully saturated rings. The molecule has 0 bridgehead atoms. The Morgan fingerprint density at radius 2 is 1.94 bits per heavy atom. The first-order chi connectivity index (χ1) is 7.50. The van der Waals surface area contributed by atoms with Crippen LogP contribution in [0.25, 0.3) is 0 Å². The molecule has 16 heavy (non-hydrogen) atoms. The minimum atomic E-state index is 0.505. The maximum absolute atomic E-state index is 10.1. The van der Waals surface area contributed by atoms with Gasteiger partial charge in [0.25, 0.3) is 0 Å². The molecule has 1 aromatic rings. The highest BCUT2D eigenvalue weighted by Gasteiger charge is 2.29. The molecule has 1 N–H and O–H groups in total. The van der Waals surface area contributed by atoms with Crippen LogP contribution in [0.15, 0.2) is 12.1 Å². The van der Waals surface area contributed by atoms with Crippen LogP contribution in [0.4, 0.5) is 0 Å². The van der Waals surface area contributed by atoms with Gasteiger partial charge in [-0.2, -0.15) is 0 Å². The van der Waals surface area contributed by atoms with E-state index in [9.17, 15) is 5.11 Å². The van der Waals surface area contributed by atoms with Gasteiger partial charge in [-0.05, 0) is 54.7 Å². The second-order valence-electron chi connectivity index (χ2n) is 5.62. The number of fused-ring (bicyclic) bond motifs is 1. The van der Waals surface area contributed by atoms with Crippen LogP contribution in [0.1, 0.15) is 62.1 Å².